The number of hydrogen-bond donors (Lipinski definition) is 1. The zero-order valence-corrected chi connectivity index (χ0v) is 19.9. The fourth-order valence-corrected chi connectivity index (χ4v) is 5.58. The van der Waals surface area contributed by atoms with Crippen LogP contribution < -0.4 is 10.2 Å². The number of fused-ring (bicyclic) bond motifs is 1. The maximum atomic E-state index is 13.6. The Hall–Kier alpha value is -3.35. The minimum absolute atomic E-state index is 0.0794. The average molecular weight is 443 g/mol. The largest absolute Gasteiger partial charge is 0.362 e. The summed E-state index contributed by atoms with van der Waals surface area (Å²) in [6, 6.07) is 10.3. The van der Waals surface area contributed by atoms with E-state index in [1.54, 1.807) is 6.20 Å². The molecule has 7 heteroatoms. The van der Waals surface area contributed by atoms with E-state index in [1.807, 2.05) is 37.2 Å². The van der Waals surface area contributed by atoms with Gasteiger partial charge in [0.2, 0.25) is 5.95 Å². The second kappa shape index (κ2) is 7.61. The summed E-state index contributed by atoms with van der Waals surface area (Å²) in [6.45, 7) is 8.42. The number of benzene rings is 1. The molecule has 5 rings (SSSR count). The molecule has 2 atom stereocenters. The van der Waals surface area contributed by atoms with E-state index in [4.69, 9.17) is 0 Å². The summed E-state index contributed by atoms with van der Waals surface area (Å²) in [4.78, 5) is 24.6. The minimum Gasteiger partial charge on any atom is -0.362 e. The number of anilines is 2. The predicted octanol–water partition coefficient (Wildman–Crippen LogP) is 5.12. The molecule has 3 heterocycles. The van der Waals surface area contributed by atoms with Gasteiger partial charge >= 0.3 is 0 Å². The first-order chi connectivity index (χ1) is 15.7. The van der Waals surface area contributed by atoms with Gasteiger partial charge in [0, 0.05) is 47.9 Å². The fraction of sp³-hybridized carbons (Fsp3) is 0.423. The zero-order chi connectivity index (χ0) is 23.4. The van der Waals surface area contributed by atoms with Crippen LogP contribution in [0.1, 0.15) is 51.3 Å². The lowest BCUT2D eigenvalue weighted by molar-refractivity contribution is -0.119. The summed E-state index contributed by atoms with van der Waals surface area (Å²) < 4.78 is 0. The smallest absolute Gasteiger partial charge is 0.229 e. The number of Topliss-reactive ketones (excluding diaryl/α,β-unsaturated/α-hetero) is 1. The highest BCUT2D eigenvalue weighted by molar-refractivity contribution is 6.01. The molecule has 33 heavy (non-hydrogen) atoms. The van der Waals surface area contributed by atoms with Crippen LogP contribution in [0.4, 0.5) is 11.6 Å². The summed E-state index contributed by atoms with van der Waals surface area (Å²) in [5.74, 6) is 0.851. The molecule has 2 aromatic rings. The molecule has 1 aromatic carbocycles. The van der Waals surface area contributed by atoms with E-state index in [1.165, 1.54) is 0 Å². The zero-order valence-electron chi connectivity index (χ0n) is 19.9. The third-order valence-electron chi connectivity index (χ3n) is 7.12. The highest BCUT2D eigenvalue weighted by atomic mass is 16.1. The molecular weight excluding hydrogens is 412 g/mol. The Balaban J connectivity index is 1.67. The minimum atomic E-state index is -0.563. The molecule has 0 fully saturated rings. The number of ketones is 1. The lowest BCUT2D eigenvalue weighted by Gasteiger charge is -2.48. The number of azo groups is 1. The molecular formula is C26H30N6O. The third kappa shape index (κ3) is 3.37. The fourth-order valence-electron chi connectivity index (χ4n) is 5.58. The van der Waals surface area contributed by atoms with Gasteiger partial charge in [-0.2, -0.15) is 10.2 Å². The number of nitrogens with one attached hydrogen (secondary N) is 1. The van der Waals surface area contributed by atoms with Crippen molar-refractivity contribution < 1.29 is 4.79 Å². The van der Waals surface area contributed by atoms with Crippen molar-refractivity contribution in [3.05, 3.63) is 70.8 Å². The van der Waals surface area contributed by atoms with Crippen molar-refractivity contribution >= 4 is 17.4 Å². The molecule has 3 aliphatic rings. The number of aryl methyl sites for hydroxylation is 1. The van der Waals surface area contributed by atoms with Gasteiger partial charge in [-0.3, -0.25) is 4.79 Å². The summed E-state index contributed by atoms with van der Waals surface area (Å²) in [6.07, 6.45) is 5.50. The number of carbonyl (C=O) groups is 1. The topological polar surface area (TPSA) is 82.8 Å². The van der Waals surface area contributed by atoms with Gasteiger partial charge in [-0.15, -0.1) is 0 Å². The van der Waals surface area contributed by atoms with E-state index < -0.39 is 5.41 Å². The molecule has 1 aliphatic carbocycles. The molecule has 0 bridgehead atoms. The number of rotatable bonds is 4. The Labute approximate surface area is 194 Å². The van der Waals surface area contributed by atoms with Gasteiger partial charge in [0.25, 0.3) is 0 Å². The normalized spacial score (nSPS) is 25.3. The van der Waals surface area contributed by atoms with Crippen LogP contribution >= 0.6 is 0 Å². The molecule has 0 spiro atoms. The van der Waals surface area contributed by atoms with Gasteiger partial charge in [0.15, 0.2) is 11.9 Å². The van der Waals surface area contributed by atoms with Crippen molar-refractivity contribution in [1.29, 1.82) is 0 Å². The molecule has 1 unspecified atom stereocenters. The van der Waals surface area contributed by atoms with E-state index >= 15 is 0 Å². The number of carbonyl (C=O) groups excluding carboxylic acids is 1. The van der Waals surface area contributed by atoms with Gasteiger partial charge in [0.05, 0.1) is 11.6 Å². The Morgan fingerprint density at radius 1 is 1.21 bits per heavy atom. The standard InChI is InChI=1S/C26H30N6O/c1-6-26(17-8-7-9-18(12-17)32(5)24-27-11-10-16(2)29-24)19-15-28-31-23(19)30-20-13-25(3,4)14-21(33)22(20)26/h7-12,15,23,30H,6,13-14H2,1-5H3/t23?,26-/m1/s1. The molecule has 1 aromatic heterocycles. The maximum Gasteiger partial charge on any atom is 0.229 e. The summed E-state index contributed by atoms with van der Waals surface area (Å²) in [5, 5.41) is 12.2. The first-order valence-electron chi connectivity index (χ1n) is 11.5. The van der Waals surface area contributed by atoms with E-state index in [0.717, 1.165) is 46.6 Å². The quantitative estimate of drug-likeness (QED) is 0.710. The van der Waals surface area contributed by atoms with Crippen molar-refractivity contribution in [3.8, 4) is 0 Å². The molecule has 170 valence electrons. The second-order valence-corrected chi connectivity index (χ2v) is 10.0. The number of nitrogens with zero attached hydrogens (tertiary/aromatic N) is 5. The van der Waals surface area contributed by atoms with Crippen molar-refractivity contribution in [2.45, 2.75) is 58.5 Å². The summed E-state index contributed by atoms with van der Waals surface area (Å²) >= 11 is 0. The second-order valence-electron chi connectivity index (χ2n) is 10.0. The third-order valence-corrected chi connectivity index (χ3v) is 7.12. The van der Waals surface area contributed by atoms with Crippen LogP contribution in [0.2, 0.25) is 0 Å². The first-order valence-corrected chi connectivity index (χ1v) is 11.5. The molecule has 1 N–H and O–H groups in total. The van der Waals surface area contributed by atoms with Crippen LogP contribution in [0, 0.1) is 12.3 Å². The van der Waals surface area contributed by atoms with Gasteiger partial charge in [-0.1, -0.05) is 32.9 Å². The van der Waals surface area contributed by atoms with Crippen molar-refractivity contribution in [2.24, 2.45) is 15.6 Å². The van der Waals surface area contributed by atoms with Crippen molar-refractivity contribution in [2.75, 3.05) is 11.9 Å². The molecule has 2 aliphatic heterocycles. The SMILES string of the molecule is CC[C@@]1(c2cccc(N(C)c3nccc(C)n3)c2)C2=CN=NC2NC2=C1C(=O)CC(C)(C)C2. The Kier molecular flexibility index (Phi) is 4.96. The number of aromatic nitrogens is 2. The van der Waals surface area contributed by atoms with Crippen LogP contribution in [-0.4, -0.2) is 29.0 Å². The maximum absolute atomic E-state index is 13.6. The first kappa shape index (κ1) is 21.5. The molecule has 0 amide bonds. The Morgan fingerprint density at radius 3 is 2.79 bits per heavy atom. The van der Waals surface area contributed by atoms with Crippen LogP contribution in [0.3, 0.4) is 0 Å². The average Bonchev–Trinajstić information content (AvgIpc) is 3.25. The van der Waals surface area contributed by atoms with Crippen LogP contribution in [0.15, 0.2) is 69.8 Å². The highest BCUT2D eigenvalue weighted by Crippen LogP contribution is 2.54. The number of allylic oxidation sites excluding steroid dienone is 2. The van der Waals surface area contributed by atoms with Crippen LogP contribution in [-0.2, 0) is 10.2 Å². The van der Waals surface area contributed by atoms with Crippen molar-refractivity contribution in [3.63, 3.8) is 0 Å². The predicted molar refractivity (Wildman–Crippen MR) is 128 cm³/mol. The molecule has 0 radical (unpaired) electrons. The summed E-state index contributed by atoms with van der Waals surface area (Å²) in [5.41, 5.74) is 5.26. The van der Waals surface area contributed by atoms with Gasteiger partial charge in [-0.25, -0.2) is 9.97 Å². The van der Waals surface area contributed by atoms with Crippen molar-refractivity contribution in [1.82, 2.24) is 15.3 Å². The molecule has 0 saturated carbocycles. The number of hydrogen-bond acceptors (Lipinski definition) is 7. The lowest BCUT2D eigenvalue weighted by atomic mass is 9.59. The summed E-state index contributed by atoms with van der Waals surface area (Å²) in [7, 11) is 1.97. The van der Waals surface area contributed by atoms with Gasteiger partial charge in [0.1, 0.15) is 0 Å². The van der Waals surface area contributed by atoms with E-state index in [9.17, 15) is 4.79 Å². The monoisotopic (exact) mass is 442 g/mol. The van der Waals surface area contributed by atoms with Gasteiger partial charge in [-0.05, 0) is 48.9 Å². The lowest BCUT2D eigenvalue weighted by Crippen LogP contribution is -2.51. The van der Waals surface area contributed by atoms with Gasteiger partial charge < -0.3 is 10.2 Å². The molecule has 7 nitrogen and oxygen atoms in total. The van der Waals surface area contributed by atoms with Crippen LogP contribution in [0.5, 0.6) is 0 Å². The van der Waals surface area contributed by atoms with E-state index in [2.05, 4.69) is 64.5 Å². The highest BCUT2D eigenvalue weighted by Gasteiger charge is 2.53. The Bertz CT molecular complexity index is 1230. The Morgan fingerprint density at radius 2 is 2.03 bits per heavy atom. The van der Waals surface area contributed by atoms with Crippen LogP contribution in [0.25, 0.3) is 0 Å². The van der Waals surface area contributed by atoms with E-state index in [-0.39, 0.29) is 17.4 Å². The van der Waals surface area contributed by atoms with E-state index in [0.29, 0.717) is 12.4 Å². The molecule has 0 saturated heterocycles.